The van der Waals surface area contributed by atoms with Crippen LogP contribution in [-0.2, 0) is 7.05 Å². The minimum atomic E-state index is 0.102. The number of aliphatic hydroxyl groups excluding tert-OH is 1. The first-order chi connectivity index (χ1) is 17.9. The molecule has 1 heterocycles. The van der Waals surface area contributed by atoms with Gasteiger partial charge in [0.05, 0.1) is 24.5 Å². The maximum Gasteiger partial charge on any atom is 0.192 e. The molecule has 200 valence electrons. The molecule has 0 aliphatic heterocycles. The van der Waals surface area contributed by atoms with Gasteiger partial charge in [-0.25, -0.2) is 0 Å². The van der Waals surface area contributed by atoms with E-state index in [0.29, 0.717) is 24.8 Å². The molecule has 0 aliphatic rings. The molecule has 0 unspecified atom stereocenters. The van der Waals surface area contributed by atoms with Crippen molar-refractivity contribution in [3.05, 3.63) is 65.7 Å². The van der Waals surface area contributed by atoms with Crippen LogP contribution in [0.3, 0.4) is 0 Å². The van der Waals surface area contributed by atoms with Crippen LogP contribution in [-0.4, -0.2) is 35.8 Å². The van der Waals surface area contributed by atoms with Crippen LogP contribution < -0.4 is 14.4 Å². The number of amidine groups is 1. The summed E-state index contributed by atoms with van der Waals surface area (Å²) in [6.07, 6.45) is 7.78. The highest BCUT2D eigenvalue weighted by atomic mass is 16.5. The quantitative estimate of drug-likeness (QED) is 0.117. The molecule has 1 N–H and O–H groups in total. The second-order valence-corrected chi connectivity index (χ2v) is 9.64. The fourth-order valence-corrected chi connectivity index (χ4v) is 4.34. The minimum absolute atomic E-state index is 0.102. The molecular formula is C31H43N3O3. The Bertz CT molecular complexity index is 1240. The molecule has 0 fully saturated rings. The lowest BCUT2D eigenvalue weighted by Crippen LogP contribution is -2.31. The molecule has 0 spiro atoms. The highest BCUT2D eigenvalue weighted by Gasteiger charge is 2.25. The van der Waals surface area contributed by atoms with E-state index in [2.05, 4.69) is 56.5 Å². The standard InChI is InChI=1S/C31H43N3O3/c1-8-11-17-36-28-21-29(37-18-12-9-2)26(20-25(28)22(4)5)31(32-6)34(30(35)10-3)24-13-14-27-23(19-24)15-16-33(27)7/h10,13-16,19-22,35H,8-9,11-12,17-18H2,1-7H3/b30-10-,32-31-. The van der Waals surface area contributed by atoms with Crippen molar-refractivity contribution in [2.45, 2.75) is 66.2 Å². The highest BCUT2D eigenvalue weighted by Crippen LogP contribution is 2.37. The summed E-state index contributed by atoms with van der Waals surface area (Å²) in [4.78, 5) is 6.49. The van der Waals surface area contributed by atoms with Crippen molar-refractivity contribution >= 4 is 22.4 Å². The van der Waals surface area contributed by atoms with Gasteiger partial charge in [-0.3, -0.25) is 9.89 Å². The number of aryl methyl sites for hydroxylation is 1. The maximum absolute atomic E-state index is 11.1. The smallest absolute Gasteiger partial charge is 0.192 e. The van der Waals surface area contributed by atoms with E-state index in [1.807, 2.05) is 32.3 Å². The van der Waals surface area contributed by atoms with Crippen LogP contribution in [0.15, 0.2) is 59.5 Å². The lowest BCUT2D eigenvalue weighted by atomic mass is 9.97. The Morgan fingerprint density at radius 2 is 1.70 bits per heavy atom. The molecule has 0 aliphatic carbocycles. The number of anilines is 1. The zero-order chi connectivity index (χ0) is 26.9. The molecule has 0 bridgehead atoms. The third kappa shape index (κ3) is 6.48. The summed E-state index contributed by atoms with van der Waals surface area (Å²) in [5, 5.41) is 12.2. The van der Waals surface area contributed by atoms with Gasteiger partial charge < -0.3 is 19.1 Å². The molecule has 0 saturated heterocycles. The van der Waals surface area contributed by atoms with Gasteiger partial charge in [0.1, 0.15) is 17.3 Å². The second-order valence-electron chi connectivity index (χ2n) is 9.64. The van der Waals surface area contributed by atoms with E-state index >= 15 is 0 Å². The van der Waals surface area contributed by atoms with Crippen molar-refractivity contribution in [3.63, 3.8) is 0 Å². The lowest BCUT2D eigenvalue weighted by molar-refractivity contribution is 0.291. The van der Waals surface area contributed by atoms with Gasteiger partial charge in [-0.2, -0.15) is 0 Å². The zero-order valence-corrected chi connectivity index (χ0v) is 23.5. The van der Waals surface area contributed by atoms with Gasteiger partial charge in [0, 0.05) is 37.3 Å². The summed E-state index contributed by atoms with van der Waals surface area (Å²) in [6, 6.07) is 12.3. The van der Waals surface area contributed by atoms with Crippen LogP contribution in [0, 0.1) is 0 Å². The predicted octanol–water partition coefficient (Wildman–Crippen LogP) is 7.96. The minimum Gasteiger partial charge on any atom is -0.494 e. The van der Waals surface area contributed by atoms with E-state index in [9.17, 15) is 5.11 Å². The van der Waals surface area contributed by atoms with E-state index < -0.39 is 0 Å². The zero-order valence-electron chi connectivity index (χ0n) is 23.5. The predicted molar refractivity (Wildman–Crippen MR) is 156 cm³/mol. The number of aromatic nitrogens is 1. The van der Waals surface area contributed by atoms with Crippen LogP contribution in [0.25, 0.3) is 10.9 Å². The van der Waals surface area contributed by atoms with E-state index in [1.165, 1.54) is 0 Å². The number of allylic oxidation sites excluding steroid dienone is 1. The molecule has 1 aromatic heterocycles. The van der Waals surface area contributed by atoms with Gasteiger partial charge >= 0.3 is 0 Å². The van der Waals surface area contributed by atoms with Crippen molar-refractivity contribution in [1.82, 2.24) is 4.57 Å². The third-order valence-corrected chi connectivity index (χ3v) is 6.52. The first-order valence-electron chi connectivity index (χ1n) is 13.5. The Hall–Kier alpha value is -3.41. The normalized spacial score (nSPS) is 12.4. The Morgan fingerprint density at radius 3 is 2.30 bits per heavy atom. The summed E-state index contributed by atoms with van der Waals surface area (Å²) in [6.45, 7) is 11.7. The summed E-state index contributed by atoms with van der Waals surface area (Å²) in [7, 11) is 3.78. The van der Waals surface area contributed by atoms with Crippen molar-refractivity contribution in [2.24, 2.45) is 12.0 Å². The SMILES string of the molecule is C/C=C(\O)N(/C(=N\C)c1cc(C(C)C)c(OCCCC)cc1OCCCC)c1ccc2c(ccn2C)c1. The van der Waals surface area contributed by atoms with Gasteiger partial charge in [0.25, 0.3) is 0 Å². The number of aliphatic imine (C=N–C) groups is 1. The monoisotopic (exact) mass is 505 g/mol. The average molecular weight is 506 g/mol. The first kappa shape index (κ1) is 28.2. The van der Waals surface area contributed by atoms with Crippen LogP contribution >= 0.6 is 0 Å². The maximum atomic E-state index is 11.1. The fourth-order valence-electron chi connectivity index (χ4n) is 4.34. The number of hydrogen-bond donors (Lipinski definition) is 1. The van der Waals surface area contributed by atoms with Crippen molar-refractivity contribution < 1.29 is 14.6 Å². The number of rotatable bonds is 12. The molecule has 2 aromatic carbocycles. The second kappa shape index (κ2) is 13.2. The van der Waals surface area contributed by atoms with E-state index in [4.69, 9.17) is 14.5 Å². The number of nitrogens with zero attached hydrogens (tertiary/aromatic N) is 3. The average Bonchev–Trinajstić information content (AvgIpc) is 3.27. The summed E-state index contributed by atoms with van der Waals surface area (Å²) in [5.41, 5.74) is 3.86. The largest absolute Gasteiger partial charge is 0.494 e. The number of aliphatic hydroxyl groups is 1. The van der Waals surface area contributed by atoms with E-state index in [1.54, 1.807) is 18.0 Å². The van der Waals surface area contributed by atoms with E-state index in [-0.39, 0.29) is 11.8 Å². The van der Waals surface area contributed by atoms with Crippen LogP contribution in [0.5, 0.6) is 11.5 Å². The fraction of sp³-hybridized carbons (Fsp3) is 0.452. The number of hydrogen-bond acceptors (Lipinski definition) is 4. The molecule has 0 radical (unpaired) electrons. The topological polar surface area (TPSA) is 59.2 Å². The van der Waals surface area contributed by atoms with Crippen LogP contribution in [0.4, 0.5) is 5.69 Å². The van der Waals surface area contributed by atoms with Gasteiger partial charge in [-0.05, 0) is 67.7 Å². The summed E-state index contributed by atoms with van der Waals surface area (Å²) >= 11 is 0. The van der Waals surface area contributed by atoms with Gasteiger partial charge in [-0.1, -0.05) is 40.5 Å². The molecule has 0 saturated carbocycles. The molecule has 0 amide bonds. The Labute approximate surface area is 222 Å². The Kier molecular flexibility index (Phi) is 10.1. The molecule has 6 nitrogen and oxygen atoms in total. The van der Waals surface area contributed by atoms with Crippen molar-refractivity contribution in [1.29, 1.82) is 0 Å². The first-order valence-corrected chi connectivity index (χ1v) is 13.5. The summed E-state index contributed by atoms with van der Waals surface area (Å²) < 4.78 is 14.6. The highest BCUT2D eigenvalue weighted by molar-refractivity contribution is 6.13. The van der Waals surface area contributed by atoms with E-state index in [0.717, 1.165) is 59.2 Å². The molecule has 0 atom stereocenters. The molecule has 37 heavy (non-hydrogen) atoms. The van der Waals surface area contributed by atoms with Gasteiger partial charge in [0.15, 0.2) is 5.88 Å². The number of benzene rings is 2. The number of fused-ring (bicyclic) bond motifs is 1. The van der Waals surface area contributed by atoms with Gasteiger partial charge in [-0.15, -0.1) is 0 Å². The van der Waals surface area contributed by atoms with Crippen LogP contribution in [0.2, 0.25) is 0 Å². The molecule has 3 rings (SSSR count). The molecule has 6 heteroatoms. The molecular weight excluding hydrogens is 462 g/mol. The van der Waals surface area contributed by atoms with Crippen LogP contribution in [0.1, 0.15) is 77.3 Å². The Morgan fingerprint density at radius 1 is 1.03 bits per heavy atom. The summed E-state index contributed by atoms with van der Waals surface area (Å²) in [5.74, 6) is 2.51. The third-order valence-electron chi connectivity index (χ3n) is 6.52. The number of unbranched alkanes of at least 4 members (excludes halogenated alkanes) is 2. The Balaban J connectivity index is 2.18. The van der Waals surface area contributed by atoms with Crippen molar-refractivity contribution in [3.8, 4) is 11.5 Å². The van der Waals surface area contributed by atoms with Crippen molar-refractivity contribution in [2.75, 3.05) is 25.2 Å². The number of ether oxygens (including phenoxy) is 2. The van der Waals surface area contributed by atoms with Gasteiger partial charge in [0.2, 0.25) is 0 Å². The molecule has 3 aromatic rings. The lowest BCUT2D eigenvalue weighted by Gasteiger charge is -2.28.